The van der Waals surface area contributed by atoms with Crippen LogP contribution in [0.3, 0.4) is 0 Å². The van der Waals surface area contributed by atoms with Crippen LogP contribution in [-0.2, 0) is 14.3 Å². The Balaban J connectivity index is 1.61. The molecule has 1 amide bonds. The van der Waals surface area contributed by atoms with Crippen LogP contribution in [0.25, 0.3) is 11.1 Å². The van der Waals surface area contributed by atoms with Gasteiger partial charge in [0.15, 0.2) is 6.10 Å². The van der Waals surface area contributed by atoms with E-state index >= 15 is 0 Å². The molecule has 1 atom stereocenters. The molecule has 0 unspecified atom stereocenters. The van der Waals surface area contributed by atoms with Gasteiger partial charge in [-0.1, -0.05) is 61.4 Å². The van der Waals surface area contributed by atoms with Gasteiger partial charge in [-0.3, -0.25) is 9.59 Å². The number of carbonyl (C=O) groups is 2. The van der Waals surface area contributed by atoms with Gasteiger partial charge in [-0.15, -0.1) is 0 Å². The molecule has 1 aliphatic rings. The summed E-state index contributed by atoms with van der Waals surface area (Å²) >= 11 is 0. The van der Waals surface area contributed by atoms with Gasteiger partial charge in [0.05, 0.1) is 0 Å². The van der Waals surface area contributed by atoms with Crippen LogP contribution < -0.4 is 5.32 Å². The van der Waals surface area contributed by atoms with Crippen molar-refractivity contribution in [2.24, 2.45) is 5.92 Å². The van der Waals surface area contributed by atoms with E-state index in [1.165, 1.54) is 12.8 Å². The summed E-state index contributed by atoms with van der Waals surface area (Å²) in [5.74, 6) is -0.180. The van der Waals surface area contributed by atoms with Crippen molar-refractivity contribution in [2.75, 3.05) is 5.32 Å². The maximum atomic E-state index is 12.5. The third-order valence-electron chi connectivity index (χ3n) is 4.88. The molecule has 1 fully saturated rings. The summed E-state index contributed by atoms with van der Waals surface area (Å²) in [4.78, 5) is 24.5. The SMILES string of the molecule is C[C@H](OC(=O)CC1CCCC1)C(=O)Nc1ccccc1-c1ccccc1. The molecule has 0 bridgehead atoms. The lowest BCUT2D eigenvalue weighted by Gasteiger charge is -2.17. The van der Waals surface area contributed by atoms with E-state index in [0.29, 0.717) is 18.0 Å². The standard InChI is InChI=1S/C22H25NO3/c1-16(26-21(24)15-17-9-5-6-10-17)22(25)23-20-14-8-7-13-19(20)18-11-3-2-4-12-18/h2-4,7-8,11-14,16-17H,5-6,9-10,15H2,1H3,(H,23,25)/t16-/m0/s1. The van der Waals surface area contributed by atoms with E-state index < -0.39 is 6.10 Å². The Hall–Kier alpha value is -2.62. The molecule has 0 heterocycles. The lowest BCUT2D eigenvalue weighted by atomic mass is 10.0. The van der Waals surface area contributed by atoms with Crippen LogP contribution in [0, 0.1) is 5.92 Å². The van der Waals surface area contributed by atoms with Crippen molar-refractivity contribution in [1.29, 1.82) is 0 Å². The highest BCUT2D eigenvalue weighted by Crippen LogP contribution is 2.29. The van der Waals surface area contributed by atoms with Crippen molar-refractivity contribution in [3.63, 3.8) is 0 Å². The molecular formula is C22H25NO3. The summed E-state index contributed by atoms with van der Waals surface area (Å²) in [5.41, 5.74) is 2.67. The minimum atomic E-state index is -0.812. The van der Waals surface area contributed by atoms with Gasteiger partial charge in [0.1, 0.15) is 0 Å². The second-order valence-electron chi connectivity index (χ2n) is 6.89. The topological polar surface area (TPSA) is 55.4 Å². The Morgan fingerprint density at radius 1 is 1.04 bits per heavy atom. The number of esters is 1. The number of ether oxygens (including phenoxy) is 1. The predicted molar refractivity (Wildman–Crippen MR) is 103 cm³/mol. The van der Waals surface area contributed by atoms with E-state index in [0.717, 1.165) is 24.0 Å². The molecule has 26 heavy (non-hydrogen) atoms. The van der Waals surface area contributed by atoms with Crippen LogP contribution in [-0.4, -0.2) is 18.0 Å². The molecule has 3 rings (SSSR count). The van der Waals surface area contributed by atoms with Crippen LogP contribution in [0.2, 0.25) is 0 Å². The Bertz CT molecular complexity index is 751. The van der Waals surface area contributed by atoms with Gasteiger partial charge in [0.2, 0.25) is 0 Å². The first-order chi connectivity index (χ1) is 12.6. The zero-order valence-electron chi connectivity index (χ0n) is 15.1. The number of carbonyl (C=O) groups excluding carboxylic acids is 2. The van der Waals surface area contributed by atoms with Crippen LogP contribution >= 0.6 is 0 Å². The lowest BCUT2D eigenvalue weighted by molar-refractivity contribution is -0.154. The summed E-state index contributed by atoms with van der Waals surface area (Å²) in [6.07, 6.45) is 4.14. The van der Waals surface area contributed by atoms with Crippen molar-refractivity contribution < 1.29 is 14.3 Å². The van der Waals surface area contributed by atoms with Crippen LogP contribution in [0.1, 0.15) is 39.0 Å². The summed E-state index contributed by atoms with van der Waals surface area (Å²) in [7, 11) is 0. The zero-order valence-corrected chi connectivity index (χ0v) is 15.1. The maximum absolute atomic E-state index is 12.5. The number of rotatable bonds is 6. The van der Waals surface area contributed by atoms with Gasteiger partial charge < -0.3 is 10.1 Å². The van der Waals surface area contributed by atoms with Gasteiger partial charge in [-0.2, -0.15) is 0 Å². The summed E-state index contributed by atoms with van der Waals surface area (Å²) in [6.45, 7) is 1.62. The van der Waals surface area contributed by atoms with Gasteiger partial charge >= 0.3 is 5.97 Å². The highest BCUT2D eigenvalue weighted by atomic mass is 16.5. The molecule has 1 saturated carbocycles. The van der Waals surface area contributed by atoms with Crippen molar-refractivity contribution in [3.8, 4) is 11.1 Å². The normalized spacial score (nSPS) is 15.4. The summed E-state index contributed by atoms with van der Waals surface area (Å²) in [5, 5.41) is 2.89. The van der Waals surface area contributed by atoms with E-state index in [1.807, 2.05) is 54.6 Å². The Kier molecular flexibility index (Phi) is 6.05. The largest absolute Gasteiger partial charge is 0.453 e. The minimum Gasteiger partial charge on any atom is -0.453 e. The molecule has 2 aromatic carbocycles. The van der Waals surface area contributed by atoms with Gasteiger partial charge in [0.25, 0.3) is 5.91 Å². The number of hydrogen-bond acceptors (Lipinski definition) is 3. The van der Waals surface area contributed by atoms with E-state index in [4.69, 9.17) is 4.74 Å². The first-order valence-corrected chi connectivity index (χ1v) is 9.28. The first kappa shape index (κ1) is 18.2. The van der Waals surface area contributed by atoms with E-state index in [1.54, 1.807) is 6.92 Å². The van der Waals surface area contributed by atoms with Crippen molar-refractivity contribution in [2.45, 2.75) is 45.1 Å². The first-order valence-electron chi connectivity index (χ1n) is 9.28. The monoisotopic (exact) mass is 351 g/mol. The maximum Gasteiger partial charge on any atom is 0.306 e. The molecule has 0 aromatic heterocycles. The van der Waals surface area contributed by atoms with Crippen LogP contribution in [0.15, 0.2) is 54.6 Å². The fraction of sp³-hybridized carbons (Fsp3) is 0.364. The fourth-order valence-electron chi connectivity index (χ4n) is 3.44. The Morgan fingerprint density at radius 3 is 2.42 bits per heavy atom. The molecule has 0 radical (unpaired) electrons. The van der Waals surface area contributed by atoms with Crippen molar-refractivity contribution in [1.82, 2.24) is 0 Å². The average Bonchev–Trinajstić information content (AvgIpc) is 3.15. The van der Waals surface area contributed by atoms with Gasteiger partial charge in [-0.25, -0.2) is 0 Å². The number of nitrogens with one attached hydrogen (secondary N) is 1. The number of para-hydroxylation sites is 1. The predicted octanol–water partition coefficient (Wildman–Crippen LogP) is 4.80. The average molecular weight is 351 g/mol. The van der Waals surface area contributed by atoms with Gasteiger partial charge in [0, 0.05) is 17.7 Å². The molecule has 4 heteroatoms. The molecule has 0 aliphatic heterocycles. The lowest BCUT2D eigenvalue weighted by Crippen LogP contribution is -2.30. The second kappa shape index (κ2) is 8.65. The molecule has 0 spiro atoms. The van der Waals surface area contributed by atoms with Crippen LogP contribution in [0.4, 0.5) is 5.69 Å². The minimum absolute atomic E-state index is 0.282. The Morgan fingerprint density at radius 2 is 1.69 bits per heavy atom. The Labute approximate surface area is 154 Å². The van der Waals surface area contributed by atoms with E-state index in [-0.39, 0.29) is 11.9 Å². The van der Waals surface area contributed by atoms with E-state index in [9.17, 15) is 9.59 Å². The van der Waals surface area contributed by atoms with E-state index in [2.05, 4.69) is 5.32 Å². The third kappa shape index (κ3) is 4.72. The number of anilines is 1. The molecule has 2 aromatic rings. The fourth-order valence-corrected chi connectivity index (χ4v) is 3.44. The summed E-state index contributed by atoms with van der Waals surface area (Å²) < 4.78 is 5.34. The molecule has 4 nitrogen and oxygen atoms in total. The number of amides is 1. The molecule has 1 aliphatic carbocycles. The summed E-state index contributed by atoms with van der Waals surface area (Å²) in [6, 6.07) is 17.5. The second-order valence-corrected chi connectivity index (χ2v) is 6.89. The smallest absolute Gasteiger partial charge is 0.306 e. The highest BCUT2D eigenvalue weighted by Gasteiger charge is 2.23. The zero-order chi connectivity index (χ0) is 18.4. The van der Waals surface area contributed by atoms with Crippen molar-refractivity contribution >= 4 is 17.6 Å². The highest BCUT2D eigenvalue weighted by molar-refractivity contribution is 5.98. The van der Waals surface area contributed by atoms with Crippen molar-refractivity contribution in [3.05, 3.63) is 54.6 Å². The number of benzene rings is 2. The number of hydrogen-bond donors (Lipinski definition) is 1. The molecule has 136 valence electrons. The molecule has 0 saturated heterocycles. The quantitative estimate of drug-likeness (QED) is 0.760. The molecular weight excluding hydrogens is 326 g/mol. The molecule has 1 N–H and O–H groups in total. The van der Waals surface area contributed by atoms with Gasteiger partial charge in [-0.05, 0) is 37.3 Å². The third-order valence-corrected chi connectivity index (χ3v) is 4.88. The van der Waals surface area contributed by atoms with Crippen LogP contribution in [0.5, 0.6) is 0 Å².